The maximum absolute atomic E-state index is 6.35. The lowest BCUT2D eigenvalue weighted by Gasteiger charge is -2.28. The summed E-state index contributed by atoms with van der Waals surface area (Å²) >= 11 is 0. The van der Waals surface area contributed by atoms with Gasteiger partial charge in [-0.25, -0.2) is 0 Å². The highest BCUT2D eigenvalue weighted by molar-refractivity contribution is 6.02. The second-order valence-corrected chi connectivity index (χ2v) is 9.03. The molecule has 1 aromatic heterocycles. The van der Waals surface area contributed by atoms with Gasteiger partial charge < -0.3 is 9.32 Å². The Hall–Kier alpha value is -4.82. The fourth-order valence-corrected chi connectivity index (χ4v) is 5.12. The molecule has 0 fully saturated rings. The summed E-state index contributed by atoms with van der Waals surface area (Å²) in [5, 5.41) is 5.95. The van der Waals surface area contributed by atoms with Crippen molar-refractivity contribution in [1.29, 1.82) is 0 Å². The molecule has 7 rings (SSSR count). The van der Waals surface area contributed by atoms with Gasteiger partial charge in [-0.3, -0.25) is 0 Å². The van der Waals surface area contributed by atoms with Gasteiger partial charge in [0.05, 0.1) is 11.4 Å². The van der Waals surface area contributed by atoms with Crippen molar-refractivity contribution in [2.45, 2.75) is 0 Å². The summed E-state index contributed by atoms with van der Waals surface area (Å²) in [6.07, 6.45) is 0. The number of rotatable bonds is 4. The lowest BCUT2D eigenvalue weighted by atomic mass is 10.0. The molecule has 2 heteroatoms. The first kappa shape index (κ1) is 20.5. The molecule has 0 bridgehead atoms. The molecule has 6 aromatic carbocycles. The molecule has 170 valence electrons. The van der Waals surface area contributed by atoms with Crippen molar-refractivity contribution in [3.8, 4) is 11.3 Å². The highest BCUT2D eigenvalue weighted by atomic mass is 16.3. The highest BCUT2D eigenvalue weighted by Gasteiger charge is 2.20. The average molecular weight is 462 g/mol. The van der Waals surface area contributed by atoms with Crippen LogP contribution in [0, 0.1) is 0 Å². The summed E-state index contributed by atoms with van der Waals surface area (Å²) in [5.74, 6) is 0.859. The highest BCUT2D eigenvalue weighted by Crippen LogP contribution is 2.44. The summed E-state index contributed by atoms with van der Waals surface area (Å²) in [5.41, 5.74) is 5.25. The van der Waals surface area contributed by atoms with Gasteiger partial charge in [-0.2, -0.15) is 0 Å². The van der Waals surface area contributed by atoms with Gasteiger partial charge in [0.1, 0.15) is 11.3 Å². The summed E-state index contributed by atoms with van der Waals surface area (Å²) in [4.78, 5) is 2.36. The number of hydrogen-bond donors (Lipinski definition) is 0. The molecule has 0 saturated carbocycles. The molecule has 0 spiro atoms. The molecule has 36 heavy (non-hydrogen) atoms. The molecular formula is C34H23NO. The Kier molecular flexibility index (Phi) is 4.82. The summed E-state index contributed by atoms with van der Waals surface area (Å²) in [6, 6.07) is 49.1. The zero-order valence-corrected chi connectivity index (χ0v) is 19.6. The van der Waals surface area contributed by atoms with E-state index in [1.165, 1.54) is 21.5 Å². The predicted molar refractivity (Wildman–Crippen MR) is 151 cm³/mol. The Bertz CT molecular complexity index is 1820. The van der Waals surface area contributed by atoms with Crippen LogP contribution < -0.4 is 4.90 Å². The van der Waals surface area contributed by atoms with Crippen molar-refractivity contribution >= 4 is 49.6 Å². The number of fused-ring (bicyclic) bond motifs is 3. The van der Waals surface area contributed by atoms with Crippen LogP contribution in [-0.4, -0.2) is 0 Å². The molecule has 7 aromatic rings. The van der Waals surface area contributed by atoms with Crippen molar-refractivity contribution < 1.29 is 4.42 Å². The molecule has 0 aliphatic carbocycles. The van der Waals surface area contributed by atoms with Gasteiger partial charge in [-0.1, -0.05) is 97.1 Å². The van der Waals surface area contributed by atoms with Crippen LogP contribution in [0.25, 0.3) is 43.8 Å². The van der Waals surface area contributed by atoms with Crippen molar-refractivity contribution in [2.75, 3.05) is 4.90 Å². The molecule has 0 N–H and O–H groups in total. The van der Waals surface area contributed by atoms with Crippen LogP contribution in [0.15, 0.2) is 144 Å². The normalized spacial score (nSPS) is 11.3. The monoisotopic (exact) mass is 461 g/mol. The quantitative estimate of drug-likeness (QED) is 0.259. The first-order chi connectivity index (χ1) is 17.8. The Labute approximate surface area is 209 Å². The van der Waals surface area contributed by atoms with Gasteiger partial charge in [0, 0.05) is 22.0 Å². The smallest absolute Gasteiger partial charge is 0.137 e. The van der Waals surface area contributed by atoms with E-state index < -0.39 is 0 Å². The molecule has 1 heterocycles. The van der Waals surface area contributed by atoms with Crippen LogP contribution in [0.3, 0.4) is 0 Å². The van der Waals surface area contributed by atoms with Gasteiger partial charge in [-0.15, -0.1) is 0 Å². The third kappa shape index (κ3) is 3.43. The third-order valence-electron chi connectivity index (χ3n) is 6.83. The van der Waals surface area contributed by atoms with Gasteiger partial charge in [0.25, 0.3) is 0 Å². The van der Waals surface area contributed by atoms with Crippen molar-refractivity contribution in [3.63, 3.8) is 0 Å². The van der Waals surface area contributed by atoms with E-state index in [9.17, 15) is 0 Å². The maximum atomic E-state index is 6.35. The van der Waals surface area contributed by atoms with E-state index in [0.29, 0.717) is 0 Å². The minimum atomic E-state index is 0.859. The fourth-order valence-electron chi connectivity index (χ4n) is 5.12. The largest absolute Gasteiger partial charge is 0.456 e. The SMILES string of the molecule is c1ccc(N(c2ccc3ccccc3c2)c2cccc3ccccc23)c(-c2cc3ccccc3o2)c1. The second-order valence-electron chi connectivity index (χ2n) is 9.03. The number of benzene rings is 6. The van der Waals surface area contributed by atoms with E-state index in [1.54, 1.807) is 0 Å². The molecule has 0 radical (unpaired) electrons. The first-order valence-electron chi connectivity index (χ1n) is 12.2. The van der Waals surface area contributed by atoms with Crippen molar-refractivity contribution in [1.82, 2.24) is 0 Å². The number of para-hydroxylation sites is 2. The first-order valence-corrected chi connectivity index (χ1v) is 12.2. The Morgan fingerprint density at radius 3 is 2.00 bits per heavy atom. The van der Waals surface area contributed by atoms with Gasteiger partial charge in [-0.05, 0) is 58.6 Å². The lowest BCUT2D eigenvalue weighted by Crippen LogP contribution is -2.11. The van der Waals surface area contributed by atoms with Crippen molar-refractivity contribution in [2.24, 2.45) is 0 Å². The van der Waals surface area contributed by atoms with Crippen LogP contribution in [0.2, 0.25) is 0 Å². The molecule has 0 amide bonds. The van der Waals surface area contributed by atoms with Gasteiger partial charge >= 0.3 is 0 Å². The predicted octanol–water partition coefficient (Wildman–Crippen LogP) is 9.88. The maximum Gasteiger partial charge on any atom is 0.137 e. The summed E-state index contributed by atoms with van der Waals surface area (Å²) in [6.45, 7) is 0. The Morgan fingerprint density at radius 1 is 0.444 bits per heavy atom. The number of hydrogen-bond acceptors (Lipinski definition) is 2. The topological polar surface area (TPSA) is 16.4 Å². The van der Waals surface area contributed by atoms with Crippen LogP contribution in [0.4, 0.5) is 17.1 Å². The van der Waals surface area contributed by atoms with E-state index in [1.807, 2.05) is 18.2 Å². The molecular weight excluding hydrogens is 438 g/mol. The minimum Gasteiger partial charge on any atom is -0.456 e. The van der Waals surface area contributed by atoms with Crippen LogP contribution in [0.5, 0.6) is 0 Å². The van der Waals surface area contributed by atoms with Crippen LogP contribution >= 0.6 is 0 Å². The van der Waals surface area contributed by atoms with Crippen molar-refractivity contribution in [3.05, 3.63) is 140 Å². The average Bonchev–Trinajstić information content (AvgIpc) is 3.38. The molecule has 0 unspecified atom stereocenters. The van der Waals surface area contributed by atoms with E-state index in [0.717, 1.165) is 39.4 Å². The second kappa shape index (κ2) is 8.44. The van der Waals surface area contributed by atoms with E-state index >= 15 is 0 Å². The molecule has 0 aliphatic rings. The molecule has 0 aliphatic heterocycles. The molecule has 0 atom stereocenters. The van der Waals surface area contributed by atoms with Crippen LogP contribution in [-0.2, 0) is 0 Å². The third-order valence-corrected chi connectivity index (χ3v) is 6.83. The zero-order chi connectivity index (χ0) is 23.9. The molecule has 0 saturated heterocycles. The minimum absolute atomic E-state index is 0.859. The molecule has 2 nitrogen and oxygen atoms in total. The number of anilines is 3. The number of nitrogens with zero attached hydrogens (tertiary/aromatic N) is 1. The standard InChI is InChI=1S/C34H23NO/c1-2-12-26-22-28(21-20-24(26)10-1)35(31-18-9-14-25-11-3-5-15-29(25)31)32-17-7-6-16-30(32)34-23-27-13-4-8-19-33(27)36-34/h1-23H. The van der Waals surface area contributed by atoms with Gasteiger partial charge in [0.15, 0.2) is 0 Å². The van der Waals surface area contributed by atoms with E-state index in [-0.39, 0.29) is 0 Å². The Morgan fingerprint density at radius 2 is 1.11 bits per heavy atom. The Balaban J connectivity index is 1.52. The number of furan rings is 1. The lowest BCUT2D eigenvalue weighted by molar-refractivity contribution is 0.631. The fraction of sp³-hybridized carbons (Fsp3) is 0. The summed E-state index contributed by atoms with van der Waals surface area (Å²) < 4.78 is 6.35. The van der Waals surface area contributed by atoms with E-state index in [2.05, 4.69) is 126 Å². The summed E-state index contributed by atoms with van der Waals surface area (Å²) in [7, 11) is 0. The zero-order valence-electron chi connectivity index (χ0n) is 19.6. The van der Waals surface area contributed by atoms with E-state index in [4.69, 9.17) is 4.42 Å². The van der Waals surface area contributed by atoms with Crippen LogP contribution in [0.1, 0.15) is 0 Å². The van der Waals surface area contributed by atoms with Gasteiger partial charge in [0.2, 0.25) is 0 Å².